The maximum Gasteiger partial charge on any atom is 0.240 e. The summed E-state index contributed by atoms with van der Waals surface area (Å²) in [5.41, 5.74) is 3.09. The molecular formula is C15H19N3O. The van der Waals surface area contributed by atoms with E-state index in [1.165, 1.54) is 5.56 Å². The summed E-state index contributed by atoms with van der Waals surface area (Å²) in [6, 6.07) is 8.83. The lowest BCUT2D eigenvalue weighted by molar-refractivity contribution is 0.398. The third-order valence-electron chi connectivity index (χ3n) is 3.12. The molecule has 1 N–H and O–H groups in total. The average Bonchev–Trinajstić information content (AvgIpc) is 2.48. The first-order chi connectivity index (χ1) is 9.24. The maximum absolute atomic E-state index is 5.23. The first kappa shape index (κ1) is 13.5. The second kappa shape index (κ2) is 6.29. The van der Waals surface area contributed by atoms with Crippen LogP contribution >= 0.6 is 0 Å². The van der Waals surface area contributed by atoms with E-state index >= 15 is 0 Å². The predicted molar refractivity (Wildman–Crippen MR) is 76.2 cm³/mol. The van der Waals surface area contributed by atoms with Gasteiger partial charge in [-0.1, -0.05) is 24.3 Å². The van der Waals surface area contributed by atoms with Gasteiger partial charge in [0.2, 0.25) is 5.88 Å². The Bertz CT molecular complexity index is 525. The highest BCUT2D eigenvalue weighted by Crippen LogP contribution is 2.25. The molecule has 0 saturated heterocycles. The molecule has 1 aromatic carbocycles. The normalized spacial score (nSPS) is 12.2. The van der Waals surface area contributed by atoms with Crippen LogP contribution in [0.25, 0.3) is 11.3 Å². The summed E-state index contributed by atoms with van der Waals surface area (Å²) in [5, 5.41) is 3.24. The van der Waals surface area contributed by atoms with Crippen molar-refractivity contribution in [2.75, 3.05) is 14.2 Å². The number of benzene rings is 1. The average molecular weight is 257 g/mol. The van der Waals surface area contributed by atoms with Crippen LogP contribution in [0.15, 0.2) is 36.7 Å². The second-order valence-corrected chi connectivity index (χ2v) is 4.50. The molecule has 2 rings (SSSR count). The summed E-state index contributed by atoms with van der Waals surface area (Å²) in [4.78, 5) is 8.49. The van der Waals surface area contributed by atoms with Crippen molar-refractivity contribution in [1.29, 1.82) is 0 Å². The summed E-state index contributed by atoms with van der Waals surface area (Å²) in [7, 11) is 3.58. The lowest BCUT2D eigenvalue weighted by Crippen LogP contribution is -2.23. The van der Waals surface area contributed by atoms with Gasteiger partial charge in [0.1, 0.15) is 5.69 Å². The van der Waals surface area contributed by atoms with E-state index in [0.29, 0.717) is 11.9 Å². The summed E-state index contributed by atoms with van der Waals surface area (Å²) < 4.78 is 5.23. The fourth-order valence-corrected chi connectivity index (χ4v) is 1.93. The van der Waals surface area contributed by atoms with Crippen LogP contribution in [0.3, 0.4) is 0 Å². The zero-order chi connectivity index (χ0) is 13.7. The maximum atomic E-state index is 5.23. The van der Waals surface area contributed by atoms with E-state index in [2.05, 4.69) is 46.5 Å². The van der Waals surface area contributed by atoms with E-state index in [1.54, 1.807) is 19.5 Å². The second-order valence-electron chi connectivity index (χ2n) is 4.50. The Morgan fingerprint density at radius 3 is 2.47 bits per heavy atom. The van der Waals surface area contributed by atoms with Gasteiger partial charge in [-0.3, -0.25) is 0 Å². The number of likely N-dealkylation sites (N-methyl/N-ethyl adjacent to an activating group) is 1. The molecule has 0 spiro atoms. The molecule has 1 heterocycles. The van der Waals surface area contributed by atoms with Crippen LogP contribution < -0.4 is 10.1 Å². The van der Waals surface area contributed by atoms with E-state index < -0.39 is 0 Å². The lowest BCUT2D eigenvalue weighted by Gasteiger charge is -2.11. The minimum Gasteiger partial charge on any atom is -0.479 e. The van der Waals surface area contributed by atoms with Crippen LogP contribution in [0, 0.1) is 0 Å². The van der Waals surface area contributed by atoms with Gasteiger partial charge < -0.3 is 10.1 Å². The monoisotopic (exact) mass is 257 g/mol. The third kappa shape index (κ3) is 3.29. The van der Waals surface area contributed by atoms with Gasteiger partial charge in [0.05, 0.1) is 7.11 Å². The van der Waals surface area contributed by atoms with E-state index in [9.17, 15) is 0 Å². The van der Waals surface area contributed by atoms with Crippen LogP contribution in [-0.2, 0) is 6.42 Å². The highest BCUT2D eigenvalue weighted by atomic mass is 16.5. The minimum atomic E-state index is 0.469. The number of nitrogens with zero attached hydrogens (tertiary/aromatic N) is 2. The first-order valence-electron chi connectivity index (χ1n) is 6.36. The van der Waals surface area contributed by atoms with E-state index in [1.807, 2.05) is 7.05 Å². The highest BCUT2D eigenvalue weighted by molar-refractivity contribution is 5.64. The number of rotatable bonds is 5. The molecule has 0 aliphatic rings. The van der Waals surface area contributed by atoms with E-state index in [0.717, 1.165) is 17.7 Å². The minimum absolute atomic E-state index is 0.469. The molecule has 0 aliphatic carbocycles. The zero-order valence-corrected chi connectivity index (χ0v) is 11.6. The molecule has 0 radical (unpaired) electrons. The van der Waals surface area contributed by atoms with Crippen molar-refractivity contribution in [3.05, 3.63) is 42.2 Å². The predicted octanol–water partition coefficient (Wildman–Crippen LogP) is 2.30. The summed E-state index contributed by atoms with van der Waals surface area (Å²) in [5.74, 6) is 0.554. The summed E-state index contributed by atoms with van der Waals surface area (Å²) in [6.45, 7) is 2.17. The Kier molecular flexibility index (Phi) is 4.47. The molecule has 19 heavy (non-hydrogen) atoms. The van der Waals surface area contributed by atoms with Gasteiger partial charge in [-0.15, -0.1) is 0 Å². The van der Waals surface area contributed by atoms with Crippen LogP contribution in [-0.4, -0.2) is 30.2 Å². The van der Waals surface area contributed by atoms with Crippen molar-refractivity contribution in [2.45, 2.75) is 19.4 Å². The molecule has 1 atom stereocenters. The Hall–Kier alpha value is -1.94. The highest BCUT2D eigenvalue weighted by Gasteiger charge is 2.08. The van der Waals surface area contributed by atoms with E-state index in [4.69, 9.17) is 4.74 Å². The zero-order valence-electron chi connectivity index (χ0n) is 11.6. The Morgan fingerprint density at radius 1 is 1.16 bits per heavy atom. The molecule has 0 saturated carbocycles. The van der Waals surface area contributed by atoms with Gasteiger partial charge >= 0.3 is 0 Å². The van der Waals surface area contributed by atoms with Crippen molar-refractivity contribution in [3.8, 4) is 17.1 Å². The van der Waals surface area contributed by atoms with E-state index in [-0.39, 0.29) is 0 Å². The number of hydrogen-bond donors (Lipinski definition) is 1. The molecule has 0 bridgehead atoms. The number of nitrogens with one attached hydrogen (secondary N) is 1. The fraction of sp³-hybridized carbons (Fsp3) is 0.333. The van der Waals surface area contributed by atoms with Crippen LogP contribution in [0.4, 0.5) is 0 Å². The van der Waals surface area contributed by atoms with Gasteiger partial charge in [-0.25, -0.2) is 9.97 Å². The van der Waals surface area contributed by atoms with Crippen LogP contribution in [0.5, 0.6) is 5.88 Å². The van der Waals surface area contributed by atoms with Crippen molar-refractivity contribution in [3.63, 3.8) is 0 Å². The van der Waals surface area contributed by atoms with Gasteiger partial charge in [-0.2, -0.15) is 0 Å². The molecule has 2 aromatic rings. The van der Waals surface area contributed by atoms with Crippen molar-refractivity contribution in [1.82, 2.24) is 15.3 Å². The largest absolute Gasteiger partial charge is 0.479 e. The van der Waals surface area contributed by atoms with Gasteiger partial charge in [0.25, 0.3) is 0 Å². The smallest absolute Gasteiger partial charge is 0.240 e. The standard InChI is InChI=1S/C15H19N3O/c1-11(16-2)10-12-4-6-13(7-5-12)14-15(19-3)18-9-8-17-14/h4-9,11,16H,10H2,1-3H3. The number of ether oxygens (including phenoxy) is 1. The molecule has 100 valence electrons. The van der Waals surface area contributed by atoms with Gasteiger partial charge in [0, 0.05) is 24.0 Å². The molecule has 0 aliphatic heterocycles. The Morgan fingerprint density at radius 2 is 1.84 bits per heavy atom. The Balaban J connectivity index is 2.22. The molecular weight excluding hydrogens is 238 g/mol. The van der Waals surface area contributed by atoms with Crippen LogP contribution in [0.2, 0.25) is 0 Å². The third-order valence-corrected chi connectivity index (χ3v) is 3.12. The lowest BCUT2D eigenvalue weighted by atomic mass is 10.0. The van der Waals surface area contributed by atoms with Crippen LogP contribution in [0.1, 0.15) is 12.5 Å². The molecule has 4 heteroatoms. The van der Waals surface area contributed by atoms with Crippen molar-refractivity contribution < 1.29 is 4.74 Å². The number of aromatic nitrogens is 2. The fourth-order valence-electron chi connectivity index (χ4n) is 1.93. The summed E-state index contributed by atoms with van der Waals surface area (Å²) >= 11 is 0. The Labute approximate surface area is 113 Å². The SMILES string of the molecule is CNC(C)Cc1ccc(-c2nccnc2OC)cc1. The molecule has 1 unspecified atom stereocenters. The number of hydrogen-bond acceptors (Lipinski definition) is 4. The molecule has 0 fully saturated rings. The van der Waals surface area contributed by atoms with Gasteiger partial charge in [0.15, 0.2) is 0 Å². The molecule has 1 aromatic heterocycles. The quantitative estimate of drug-likeness (QED) is 0.893. The first-order valence-corrected chi connectivity index (χ1v) is 6.36. The van der Waals surface area contributed by atoms with Crippen molar-refractivity contribution in [2.24, 2.45) is 0 Å². The molecule has 4 nitrogen and oxygen atoms in total. The number of methoxy groups -OCH3 is 1. The summed E-state index contributed by atoms with van der Waals surface area (Å²) in [6.07, 6.45) is 4.31. The van der Waals surface area contributed by atoms with Crippen molar-refractivity contribution >= 4 is 0 Å². The topological polar surface area (TPSA) is 47.0 Å². The molecule has 0 amide bonds. The van der Waals surface area contributed by atoms with Gasteiger partial charge in [-0.05, 0) is 26.0 Å².